The quantitative estimate of drug-likeness (QED) is 0.790. The topological polar surface area (TPSA) is 61.3 Å². The van der Waals surface area contributed by atoms with Crippen molar-refractivity contribution < 1.29 is 14.3 Å². The molecule has 0 atom stereocenters. The number of nitrogens with zero attached hydrogens (tertiary/aromatic N) is 2. The van der Waals surface area contributed by atoms with E-state index >= 15 is 0 Å². The highest BCUT2D eigenvalue weighted by Crippen LogP contribution is 2.30. The molecule has 1 aromatic heterocycles. The van der Waals surface area contributed by atoms with E-state index in [9.17, 15) is 4.79 Å². The van der Waals surface area contributed by atoms with Crippen LogP contribution in [0.3, 0.4) is 0 Å². The molecular formula is C15H15BrN2O3. The fraction of sp³-hybridized carbons (Fsp3) is 0.267. The van der Waals surface area contributed by atoms with Crippen molar-refractivity contribution in [3.05, 3.63) is 40.5 Å². The average Bonchev–Trinajstić information content (AvgIpc) is 2.46. The summed E-state index contributed by atoms with van der Waals surface area (Å²) in [5.41, 5.74) is 1.54. The number of aromatic nitrogens is 2. The number of rotatable bonds is 4. The van der Waals surface area contributed by atoms with Crippen molar-refractivity contribution in [3.63, 3.8) is 0 Å². The third kappa shape index (κ3) is 3.58. The number of halogens is 1. The number of methoxy groups -OCH3 is 1. The van der Waals surface area contributed by atoms with Gasteiger partial charge in [-0.25, -0.2) is 9.78 Å². The number of carbonyl (C=O) groups excluding carboxylic acids is 1. The highest BCUT2D eigenvalue weighted by molar-refractivity contribution is 9.10. The van der Waals surface area contributed by atoms with Crippen LogP contribution in [0, 0.1) is 0 Å². The molecule has 0 aliphatic heterocycles. The van der Waals surface area contributed by atoms with Gasteiger partial charge in [-0.3, -0.25) is 0 Å². The van der Waals surface area contributed by atoms with E-state index in [2.05, 4.69) is 25.9 Å². The van der Waals surface area contributed by atoms with E-state index in [-0.39, 0.29) is 12.1 Å². The summed E-state index contributed by atoms with van der Waals surface area (Å²) in [5.74, 6) is -0.489. The second-order valence-corrected chi connectivity index (χ2v) is 5.41. The molecule has 5 nitrogen and oxygen atoms in total. The highest BCUT2D eigenvalue weighted by atomic mass is 79.9. The molecule has 0 radical (unpaired) electrons. The van der Waals surface area contributed by atoms with E-state index in [0.29, 0.717) is 11.3 Å². The molecule has 2 aromatic rings. The first-order valence-electron chi connectivity index (χ1n) is 6.40. The number of hydrogen-bond donors (Lipinski definition) is 0. The van der Waals surface area contributed by atoms with Gasteiger partial charge >= 0.3 is 12.0 Å². The van der Waals surface area contributed by atoms with E-state index in [1.807, 2.05) is 38.1 Å². The molecule has 0 aliphatic carbocycles. The van der Waals surface area contributed by atoms with Crippen LogP contribution >= 0.6 is 15.9 Å². The lowest BCUT2D eigenvalue weighted by molar-refractivity contribution is 0.0600. The zero-order chi connectivity index (χ0) is 15.4. The Morgan fingerprint density at radius 2 is 2.00 bits per heavy atom. The van der Waals surface area contributed by atoms with Gasteiger partial charge in [0.2, 0.25) is 0 Å². The van der Waals surface area contributed by atoms with Crippen molar-refractivity contribution in [1.82, 2.24) is 9.97 Å². The molecule has 0 saturated carbocycles. The van der Waals surface area contributed by atoms with Crippen molar-refractivity contribution in [2.75, 3.05) is 7.11 Å². The summed E-state index contributed by atoms with van der Waals surface area (Å²) in [5, 5.41) is 0. The molecule has 0 bridgehead atoms. The van der Waals surface area contributed by atoms with Crippen molar-refractivity contribution in [3.8, 4) is 17.3 Å². The normalized spacial score (nSPS) is 10.5. The minimum absolute atomic E-state index is 0.0546. The first-order valence-corrected chi connectivity index (χ1v) is 7.19. The van der Waals surface area contributed by atoms with Gasteiger partial charge < -0.3 is 9.47 Å². The Balaban J connectivity index is 2.58. The van der Waals surface area contributed by atoms with E-state index in [1.165, 1.54) is 13.3 Å². The molecule has 0 spiro atoms. The van der Waals surface area contributed by atoms with Gasteiger partial charge in [0.25, 0.3) is 0 Å². The summed E-state index contributed by atoms with van der Waals surface area (Å²) in [6.45, 7) is 3.77. The minimum Gasteiger partial charge on any atom is -0.465 e. The number of ether oxygens (including phenoxy) is 2. The fourth-order valence-corrected chi connectivity index (χ4v) is 2.22. The standard InChI is InChI=1S/C15H15BrN2O3/c1-9(2)21-15-17-8-11(14(19)20-3)13(18-15)10-6-4-5-7-12(10)16/h4-9H,1-3H3. The molecule has 2 rings (SSSR count). The van der Waals surface area contributed by atoms with Crippen molar-refractivity contribution >= 4 is 21.9 Å². The van der Waals surface area contributed by atoms with E-state index < -0.39 is 5.97 Å². The van der Waals surface area contributed by atoms with Crippen LogP contribution in [0.4, 0.5) is 0 Å². The Hall–Kier alpha value is -1.95. The first-order chi connectivity index (χ1) is 10.0. The first kappa shape index (κ1) is 15.4. The summed E-state index contributed by atoms with van der Waals surface area (Å²) in [7, 11) is 1.32. The molecule has 6 heteroatoms. The lowest BCUT2D eigenvalue weighted by atomic mass is 10.1. The third-order valence-corrected chi connectivity index (χ3v) is 3.33. The van der Waals surface area contributed by atoms with Gasteiger partial charge in [-0.05, 0) is 19.9 Å². The van der Waals surface area contributed by atoms with Crippen LogP contribution < -0.4 is 4.74 Å². The van der Waals surface area contributed by atoms with Crippen LogP contribution in [0.25, 0.3) is 11.3 Å². The Kier molecular flexibility index (Phi) is 4.90. The third-order valence-electron chi connectivity index (χ3n) is 2.64. The molecule has 1 heterocycles. The second-order valence-electron chi connectivity index (χ2n) is 4.55. The number of carbonyl (C=O) groups is 1. The van der Waals surface area contributed by atoms with Gasteiger partial charge in [0, 0.05) is 16.2 Å². The van der Waals surface area contributed by atoms with Crippen LogP contribution in [-0.4, -0.2) is 29.2 Å². The maximum atomic E-state index is 11.9. The zero-order valence-corrected chi connectivity index (χ0v) is 13.5. The van der Waals surface area contributed by atoms with E-state index in [1.54, 1.807) is 0 Å². The van der Waals surface area contributed by atoms with Crippen molar-refractivity contribution in [2.45, 2.75) is 20.0 Å². The molecule has 21 heavy (non-hydrogen) atoms. The minimum atomic E-state index is -0.489. The Bertz CT molecular complexity index is 659. The maximum Gasteiger partial charge on any atom is 0.341 e. The number of hydrogen-bond acceptors (Lipinski definition) is 5. The monoisotopic (exact) mass is 350 g/mol. The predicted octanol–water partition coefficient (Wildman–Crippen LogP) is 3.48. The summed E-state index contributed by atoms with van der Waals surface area (Å²) < 4.78 is 11.1. The Morgan fingerprint density at radius 1 is 1.29 bits per heavy atom. The molecular weight excluding hydrogens is 336 g/mol. The summed E-state index contributed by atoms with van der Waals surface area (Å²) in [4.78, 5) is 20.3. The smallest absolute Gasteiger partial charge is 0.341 e. The predicted molar refractivity (Wildman–Crippen MR) is 82.3 cm³/mol. The largest absolute Gasteiger partial charge is 0.465 e. The van der Waals surface area contributed by atoms with Gasteiger partial charge in [0.1, 0.15) is 5.56 Å². The summed E-state index contributed by atoms with van der Waals surface area (Å²) >= 11 is 3.46. The van der Waals surface area contributed by atoms with Gasteiger partial charge in [-0.2, -0.15) is 4.98 Å². The zero-order valence-electron chi connectivity index (χ0n) is 12.0. The van der Waals surface area contributed by atoms with Gasteiger partial charge in [-0.15, -0.1) is 0 Å². The summed E-state index contributed by atoms with van der Waals surface area (Å²) in [6.07, 6.45) is 1.37. The molecule has 110 valence electrons. The van der Waals surface area contributed by atoms with Crippen molar-refractivity contribution in [2.24, 2.45) is 0 Å². The van der Waals surface area contributed by atoms with Crippen LogP contribution in [0.15, 0.2) is 34.9 Å². The molecule has 0 fully saturated rings. The second kappa shape index (κ2) is 6.67. The van der Waals surface area contributed by atoms with E-state index in [0.717, 1.165) is 10.0 Å². The van der Waals surface area contributed by atoms with E-state index in [4.69, 9.17) is 9.47 Å². The van der Waals surface area contributed by atoms with Crippen LogP contribution in [0.1, 0.15) is 24.2 Å². The molecule has 0 saturated heterocycles. The number of esters is 1. The lowest BCUT2D eigenvalue weighted by Gasteiger charge is -2.12. The maximum absolute atomic E-state index is 11.9. The molecule has 0 N–H and O–H groups in total. The molecule has 0 amide bonds. The van der Waals surface area contributed by atoms with Gasteiger partial charge in [0.15, 0.2) is 0 Å². The van der Waals surface area contributed by atoms with Crippen LogP contribution in [0.5, 0.6) is 6.01 Å². The summed E-state index contributed by atoms with van der Waals surface area (Å²) in [6, 6.07) is 7.72. The Labute approximate surface area is 131 Å². The molecule has 0 aliphatic rings. The van der Waals surface area contributed by atoms with Crippen LogP contribution in [0.2, 0.25) is 0 Å². The van der Waals surface area contributed by atoms with Crippen LogP contribution in [-0.2, 0) is 4.74 Å². The van der Waals surface area contributed by atoms with Gasteiger partial charge in [0.05, 0.1) is 18.9 Å². The number of benzene rings is 1. The highest BCUT2D eigenvalue weighted by Gasteiger charge is 2.19. The average molecular weight is 351 g/mol. The molecule has 0 unspecified atom stereocenters. The lowest BCUT2D eigenvalue weighted by Crippen LogP contribution is -2.12. The SMILES string of the molecule is COC(=O)c1cnc(OC(C)C)nc1-c1ccccc1Br. The Morgan fingerprint density at radius 3 is 2.62 bits per heavy atom. The van der Waals surface area contributed by atoms with Gasteiger partial charge in [-0.1, -0.05) is 34.1 Å². The fourth-order valence-electron chi connectivity index (χ4n) is 1.75. The van der Waals surface area contributed by atoms with Crippen molar-refractivity contribution in [1.29, 1.82) is 0 Å². The molecule has 1 aromatic carbocycles.